The Balaban J connectivity index is 2.53. The van der Waals surface area contributed by atoms with Crippen LogP contribution in [0.3, 0.4) is 0 Å². The molecule has 14 heavy (non-hydrogen) atoms. The lowest BCUT2D eigenvalue weighted by atomic mass is 9.93. The summed E-state index contributed by atoms with van der Waals surface area (Å²) in [6.45, 7) is 0.648. The van der Waals surface area contributed by atoms with Gasteiger partial charge in [0.15, 0.2) is 0 Å². The average Bonchev–Trinajstić information content (AvgIpc) is 2.17. The van der Waals surface area contributed by atoms with E-state index < -0.39 is 5.97 Å². The molecule has 0 fully saturated rings. The van der Waals surface area contributed by atoms with Gasteiger partial charge in [-0.05, 0) is 6.42 Å². The van der Waals surface area contributed by atoms with Gasteiger partial charge in [0.25, 0.3) is 0 Å². The fourth-order valence-electron chi connectivity index (χ4n) is 1.79. The molecule has 4 heteroatoms. The Morgan fingerprint density at radius 3 is 3.07 bits per heavy atom. The highest BCUT2D eigenvalue weighted by Gasteiger charge is 2.23. The van der Waals surface area contributed by atoms with Gasteiger partial charge in [0, 0.05) is 29.8 Å². The number of carboxylic acid groups (broad SMARTS) is 1. The monoisotopic (exact) mass is 192 g/mol. The van der Waals surface area contributed by atoms with Gasteiger partial charge in [0.05, 0.1) is 5.70 Å². The standard InChI is InChI=1S/C10H12N2O2/c11-8-3-1-2-6-7(10(13)14)4-5-12-9(6)8/h1-2,12H,3-5,11H2,(H,13,14). The molecular formula is C10H12N2O2. The van der Waals surface area contributed by atoms with Crippen molar-refractivity contribution in [1.82, 2.24) is 5.32 Å². The van der Waals surface area contributed by atoms with E-state index in [0.29, 0.717) is 25.0 Å². The Hall–Kier alpha value is -1.71. The van der Waals surface area contributed by atoms with Crippen molar-refractivity contribution in [3.63, 3.8) is 0 Å². The molecule has 1 aliphatic carbocycles. The first-order valence-corrected chi connectivity index (χ1v) is 4.56. The van der Waals surface area contributed by atoms with Crippen LogP contribution in [0, 0.1) is 0 Å². The summed E-state index contributed by atoms with van der Waals surface area (Å²) in [7, 11) is 0. The zero-order valence-electron chi connectivity index (χ0n) is 7.71. The number of fused-ring (bicyclic) bond motifs is 1. The first-order valence-electron chi connectivity index (χ1n) is 4.56. The van der Waals surface area contributed by atoms with Gasteiger partial charge in [0.1, 0.15) is 0 Å². The molecule has 0 bridgehead atoms. The maximum Gasteiger partial charge on any atom is 0.332 e. The highest BCUT2D eigenvalue weighted by molar-refractivity contribution is 5.90. The van der Waals surface area contributed by atoms with E-state index in [-0.39, 0.29) is 0 Å². The first-order chi connectivity index (χ1) is 6.70. The molecule has 4 nitrogen and oxygen atoms in total. The van der Waals surface area contributed by atoms with Gasteiger partial charge in [-0.1, -0.05) is 12.2 Å². The van der Waals surface area contributed by atoms with Crippen molar-refractivity contribution in [1.29, 1.82) is 0 Å². The number of carboxylic acids is 1. The molecule has 4 N–H and O–H groups in total. The van der Waals surface area contributed by atoms with Gasteiger partial charge in [0.2, 0.25) is 0 Å². The smallest absolute Gasteiger partial charge is 0.332 e. The molecule has 1 heterocycles. The number of nitrogens with one attached hydrogen (secondary N) is 1. The zero-order chi connectivity index (χ0) is 10.1. The largest absolute Gasteiger partial charge is 0.478 e. The number of hydrogen-bond acceptors (Lipinski definition) is 3. The van der Waals surface area contributed by atoms with Gasteiger partial charge >= 0.3 is 5.97 Å². The van der Waals surface area contributed by atoms with Crippen molar-refractivity contribution in [2.75, 3.05) is 6.54 Å². The first kappa shape index (κ1) is 8.87. The van der Waals surface area contributed by atoms with Crippen molar-refractivity contribution in [2.24, 2.45) is 5.73 Å². The SMILES string of the molecule is NC1=C2NCCC(C(=O)O)=C2C=CC1. The summed E-state index contributed by atoms with van der Waals surface area (Å²) in [5, 5.41) is 12.1. The van der Waals surface area contributed by atoms with Crippen LogP contribution in [0.1, 0.15) is 12.8 Å². The van der Waals surface area contributed by atoms with Crippen molar-refractivity contribution >= 4 is 5.97 Å². The van der Waals surface area contributed by atoms with Crippen molar-refractivity contribution in [3.8, 4) is 0 Å². The Kier molecular flexibility index (Phi) is 2.04. The minimum Gasteiger partial charge on any atom is -0.478 e. The van der Waals surface area contributed by atoms with E-state index in [4.69, 9.17) is 10.8 Å². The van der Waals surface area contributed by atoms with E-state index in [9.17, 15) is 4.79 Å². The second-order valence-electron chi connectivity index (χ2n) is 3.38. The van der Waals surface area contributed by atoms with Gasteiger partial charge < -0.3 is 16.2 Å². The summed E-state index contributed by atoms with van der Waals surface area (Å²) in [5.41, 5.74) is 8.51. The van der Waals surface area contributed by atoms with Crippen LogP contribution in [0.25, 0.3) is 0 Å². The van der Waals surface area contributed by atoms with Gasteiger partial charge in [-0.15, -0.1) is 0 Å². The van der Waals surface area contributed by atoms with E-state index in [0.717, 1.165) is 17.0 Å². The van der Waals surface area contributed by atoms with Crippen LogP contribution in [-0.4, -0.2) is 17.6 Å². The highest BCUT2D eigenvalue weighted by Crippen LogP contribution is 2.27. The predicted octanol–water partition coefficient (Wildman–Crippen LogP) is 0.491. The molecular weight excluding hydrogens is 180 g/mol. The number of aliphatic carboxylic acids is 1. The summed E-state index contributed by atoms with van der Waals surface area (Å²) < 4.78 is 0. The quantitative estimate of drug-likeness (QED) is 0.565. The normalized spacial score (nSPS) is 20.6. The predicted molar refractivity (Wildman–Crippen MR) is 52.3 cm³/mol. The van der Waals surface area contributed by atoms with Crippen LogP contribution in [-0.2, 0) is 4.79 Å². The van der Waals surface area contributed by atoms with Crippen LogP contribution in [0.4, 0.5) is 0 Å². The molecule has 0 aromatic heterocycles. The van der Waals surface area contributed by atoms with Crippen molar-refractivity contribution < 1.29 is 9.90 Å². The molecule has 0 atom stereocenters. The second kappa shape index (κ2) is 3.21. The Morgan fingerprint density at radius 2 is 2.36 bits per heavy atom. The maximum absolute atomic E-state index is 10.9. The van der Waals surface area contributed by atoms with Gasteiger partial charge in [-0.2, -0.15) is 0 Å². The average molecular weight is 192 g/mol. The number of nitrogens with two attached hydrogens (primary N) is 1. The maximum atomic E-state index is 10.9. The summed E-state index contributed by atoms with van der Waals surface area (Å²) in [5.74, 6) is -0.849. The summed E-state index contributed by atoms with van der Waals surface area (Å²) in [6.07, 6.45) is 4.97. The third kappa shape index (κ3) is 1.28. The van der Waals surface area contributed by atoms with Crippen LogP contribution >= 0.6 is 0 Å². The summed E-state index contributed by atoms with van der Waals surface area (Å²) in [4.78, 5) is 10.9. The topological polar surface area (TPSA) is 75.3 Å². The molecule has 0 amide bonds. The molecule has 0 radical (unpaired) electrons. The van der Waals surface area contributed by atoms with E-state index in [1.165, 1.54) is 0 Å². The van der Waals surface area contributed by atoms with Crippen molar-refractivity contribution in [2.45, 2.75) is 12.8 Å². The lowest BCUT2D eigenvalue weighted by molar-refractivity contribution is -0.132. The van der Waals surface area contributed by atoms with Gasteiger partial charge in [-0.3, -0.25) is 0 Å². The third-order valence-electron chi connectivity index (χ3n) is 2.47. The van der Waals surface area contributed by atoms with Crippen molar-refractivity contribution in [3.05, 3.63) is 34.7 Å². The van der Waals surface area contributed by atoms with Crippen LogP contribution in [0.2, 0.25) is 0 Å². The summed E-state index contributed by atoms with van der Waals surface area (Å²) >= 11 is 0. The van der Waals surface area contributed by atoms with E-state index in [2.05, 4.69) is 5.32 Å². The van der Waals surface area contributed by atoms with Crippen LogP contribution < -0.4 is 11.1 Å². The molecule has 0 saturated heterocycles. The molecule has 0 aromatic rings. The molecule has 0 aromatic carbocycles. The van der Waals surface area contributed by atoms with Crippen LogP contribution in [0.15, 0.2) is 34.7 Å². The fraction of sp³-hybridized carbons (Fsp3) is 0.300. The fourth-order valence-corrected chi connectivity index (χ4v) is 1.79. The lowest BCUT2D eigenvalue weighted by Crippen LogP contribution is -2.29. The number of hydrogen-bond donors (Lipinski definition) is 3. The molecule has 0 saturated carbocycles. The highest BCUT2D eigenvalue weighted by atomic mass is 16.4. The van der Waals surface area contributed by atoms with E-state index in [1.54, 1.807) is 0 Å². The molecule has 74 valence electrons. The Labute approximate surface area is 81.8 Å². The van der Waals surface area contributed by atoms with E-state index >= 15 is 0 Å². The minimum atomic E-state index is -0.849. The number of rotatable bonds is 1. The molecule has 1 aliphatic heterocycles. The molecule has 0 spiro atoms. The summed E-state index contributed by atoms with van der Waals surface area (Å²) in [6, 6.07) is 0. The number of carbonyl (C=O) groups is 1. The third-order valence-corrected chi connectivity index (χ3v) is 2.47. The zero-order valence-corrected chi connectivity index (χ0v) is 7.71. The van der Waals surface area contributed by atoms with E-state index in [1.807, 2.05) is 12.2 Å². The second-order valence-corrected chi connectivity index (χ2v) is 3.38. The van der Waals surface area contributed by atoms with Gasteiger partial charge in [-0.25, -0.2) is 4.79 Å². The lowest BCUT2D eigenvalue weighted by Gasteiger charge is -2.24. The molecule has 2 aliphatic rings. The minimum absolute atomic E-state index is 0.456. The molecule has 2 rings (SSSR count). The Morgan fingerprint density at radius 1 is 1.57 bits per heavy atom. The Bertz CT molecular complexity index is 378. The van der Waals surface area contributed by atoms with Crippen LogP contribution in [0.5, 0.6) is 0 Å². The number of allylic oxidation sites excluding steroid dienone is 2. The molecule has 0 unspecified atom stereocenters.